The van der Waals surface area contributed by atoms with Crippen molar-refractivity contribution in [1.82, 2.24) is 5.32 Å². The first-order chi connectivity index (χ1) is 8.56. The van der Waals surface area contributed by atoms with Crippen molar-refractivity contribution in [2.45, 2.75) is 6.54 Å². The summed E-state index contributed by atoms with van der Waals surface area (Å²) in [4.78, 5) is 13.0. The molecule has 1 aromatic heterocycles. The highest BCUT2D eigenvalue weighted by atomic mass is 79.9. The normalized spacial score (nSPS) is 10.3. The highest BCUT2D eigenvalue weighted by Crippen LogP contribution is 2.21. The van der Waals surface area contributed by atoms with Gasteiger partial charge in [-0.25, -0.2) is 0 Å². The van der Waals surface area contributed by atoms with E-state index in [1.165, 1.54) is 0 Å². The summed E-state index contributed by atoms with van der Waals surface area (Å²) in [6, 6.07) is 7.15. The molecule has 0 fully saturated rings. The molecule has 2 rings (SSSR count). The van der Waals surface area contributed by atoms with Crippen molar-refractivity contribution in [1.29, 1.82) is 0 Å². The van der Waals surface area contributed by atoms with E-state index in [0.717, 1.165) is 13.8 Å². The minimum Gasteiger partial charge on any atom is -0.398 e. The fraction of sp³-hybridized carbons (Fsp3) is 0.0833. The summed E-state index contributed by atoms with van der Waals surface area (Å²) in [5, 5.41) is 4.84. The highest BCUT2D eigenvalue weighted by Gasteiger charge is 2.07. The Morgan fingerprint density at radius 2 is 2.11 bits per heavy atom. The minimum absolute atomic E-state index is 0.126. The molecule has 1 amide bonds. The van der Waals surface area contributed by atoms with Crippen molar-refractivity contribution in [3.63, 3.8) is 0 Å². The zero-order chi connectivity index (χ0) is 13.1. The average molecular weight is 390 g/mol. The summed E-state index contributed by atoms with van der Waals surface area (Å²) < 4.78 is 1.82. The fourth-order valence-corrected chi connectivity index (χ4v) is 3.04. The zero-order valence-corrected chi connectivity index (χ0v) is 13.2. The second-order valence-corrected chi connectivity index (χ2v) is 6.42. The van der Waals surface area contributed by atoms with Gasteiger partial charge in [0, 0.05) is 30.5 Å². The number of hydrogen-bond donors (Lipinski definition) is 2. The van der Waals surface area contributed by atoms with Crippen LogP contribution in [-0.4, -0.2) is 5.91 Å². The van der Waals surface area contributed by atoms with E-state index in [4.69, 9.17) is 5.73 Å². The average Bonchev–Trinajstić information content (AvgIpc) is 2.75. The van der Waals surface area contributed by atoms with E-state index in [-0.39, 0.29) is 5.91 Å². The van der Waals surface area contributed by atoms with Gasteiger partial charge in [0.05, 0.1) is 6.54 Å². The maximum atomic E-state index is 11.9. The third-order valence-corrected chi connectivity index (χ3v) is 4.72. The first kappa shape index (κ1) is 13.6. The van der Waals surface area contributed by atoms with E-state index in [0.29, 0.717) is 17.8 Å². The van der Waals surface area contributed by atoms with E-state index in [9.17, 15) is 4.79 Å². The molecule has 0 atom stereocenters. The van der Waals surface area contributed by atoms with E-state index in [2.05, 4.69) is 37.2 Å². The first-order valence-corrected chi connectivity index (χ1v) is 7.59. The second-order valence-electron chi connectivity index (χ2n) is 3.65. The van der Waals surface area contributed by atoms with Gasteiger partial charge in [0.2, 0.25) is 0 Å². The standard InChI is InChI=1S/C12H10Br2N2OS/c13-8-4-9(18-6-8)5-16-12(17)7-1-2-10(14)11(15)3-7/h1-4,6H,5,15H2,(H,16,17). The van der Waals surface area contributed by atoms with Gasteiger partial charge in [0.1, 0.15) is 0 Å². The molecule has 1 aromatic carbocycles. The number of nitrogens with two attached hydrogens (primary N) is 1. The Kier molecular flexibility index (Phi) is 4.42. The Bertz CT molecular complexity index is 583. The summed E-state index contributed by atoms with van der Waals surface area (Å²) in [5.41, 5.74) is 6.86. The predicted octanol–water partition coefficient (Wildman–Crippen LogP) is 3.79. The van der Waals surface area contributed by atoms with Crippen LogP contribution >= 0.6 is 43.2 Å². The van der Waals surface area contributed by atoms with Crippen LogP contribution < -0.4 is 11.1 Å². The Balaban J connectivity index is 2.01. The molecule has 18 heavy (non-hydrogen) atoms. The Morgan fingerprint density at radius 3 is 2.72 bits per heavy atom. The van der Waals surface area contributed by atoms with Gasteiger partial charge >= 0.3 is 0 Å². The number of thiophene rings is 1. The van der Waals surface area contributed by atoms with Gasteiger partial charge in [-0.1, -0.05) is 0 Å². The molecule has 0 saturated carbocycles. The number of carbonyl (C=O) groups excluding carboxylic acids is 1. The lowest BCUT2D eigenvalue weighted by Crippen LogP contribution is -2.22. The van der Waals surface area contributed by atoms with E-state index in [1.807, 2.05) is 11.4 Å². The summed E-state index contributed by atoms with van der Waals surface area (Å²) in [7, 11) is 0. The van der Waals surface area contributed by atoms with Crippen molar-refractivity contribution in [3.05, 3.63) is 49.0 Å². The van der Waals surface area contributed by atoms with Crippen molar-refractivity contribution in [2.24, 2.45) is 0 Å². The van der Waals surface area contributed by atoms with Gasteiger partial charge in [-0.3, -0.25) is 4.79 Å². The second kappa shape index (κ2) is 5.86. The van der Waals surface area contributed by atoms with Crippen molar-refractivity contribution in [2.75, 3.05) is 5.73 Å². The summed E-state index contributed by atoms with van der Waals surface area (Å²) in [5.74, 6) is -0.126. The molecule has 0 radical (unpaired) electrons. The lowest BCUT2D eigenvalue weighted by atomic mass is 10.2. The number of halogens is 2. The number of benzene rings is 1. The van der Waals surface area contributed by atoms with Gasteiger partial charge in [0.15, 0.2) is 0 Å². The SMILES string of the molecule is Nc1cc(C(=O)NCc2cc(Br)cs2)ccc1Br. The van der Waals surface area contributed by atoms with Crippen LogP contribution in [0, 0.1) is 0 Å². The summed E-state index contributed by atoms with van der Waals surface area (Å²) in [6.45, 7) is 0.519. The predicted molar refractivity (Wildman–Crippen MR) is 81.7 cm³/mol. The lowest BCUT2D eigenvalue weighted by Gasteiger charge is -2.05. The molecule has 3 nitrogen and oxygen atoms in total. The van der Waals surface area contributed by atoms with Crippen LogP contribution in [-0.2, 0) is 6.54 Å². The van der Waals surface area contributed by atoms with Crippen LogP contribution in [0.4, 0.5) is 5.69 Å². The van der Waals surface area contributed by atoms with E-state index >= 15 is 0 Å². The molecule has 0 aliphatic heterocycles. The van der Waals surface area contributed by atoms with Crippen LogP contribution in [0.2, 0.25) is 0 Å². The Hall–Kier alpha value is -0.850. The molecule has 2 aromatic rings. The van der Waals surface area contributed by atoms with Gasteiger partial charge < -0.3 is 11.1 Å². The topological polar surface area (TPSA) is 55.1 Å². The van der Waals surface area contributed by atoms with Crippen LogP contribution in [0.15, 0.2) is 38.6 Å². The fourth-order valence-electron chi connectivity index (χ4n) is 1.40. The van der Waals surface area contributed by atoms with Crippen LogP contribution in [0.5, 0.6) is 0 Å². The number of nitrogens with one attached hydrogen (secondary N) is 1. The van der Waals surface area contributed by atoms with Crippen molar-refractivity contribution < 1.29 is 4.79 Å². The quantitative estimate of drug-likeness (QED) is 0.784. The maximum Gasteiger partial charge on any atom is 0.251 e. The largest absolute Gasteiger partial charge is 0.398 e. The van der Waals surface area contributed by atoms with E-state index in [1.54, 1.807) is 29.5 Å². The monoisotopic (exact) mass is 388 g/mol. The molecular weight excluding hydrogens is 380 g/mol. The molecule has 0 aliphatic carbocycles. The number of hydrogen-bond acceptors (Lipinski definition) is 3. The number of amides is 1. The first-order valence-electron chi connectivity index (χ1n) is 5.12. The van der Waals surface area contributed by atoms with Gasteiger partial charge in [-0.2, -0.15) is 0 Å². The van der Waals surface area contributed by atoms with Crippen molar-refractivity contribution >= 4 is 54.8 Å². The number of carbonyl (C=O) groups is 1. The molecule has 0 aliphatic rings. The van der Waals surface area contributed by atoms with E-state index < -0.39 is 0 Å². The number of anilines is 1. The molecule has 1 heterocycles. The molecule has 0 unspecified atom stereocenters. The summed E-state index contributed by atoms with van der Waals surface area (Å²) >= 11 is 8.27. The zero-order valence-electron chi connectivity index (χ0n) is 9.24. The highest BCUT2D eigenvalue weighted by molar-refractivity contribution is 9.10. The molecule has 94 valence electrons. The summed E-state index contributed by atoms with van der Waals surface area (Å²) in [6.07, 6.45) is 0. The Morgan fingerprint density at radius 1 is 1.33 bits per heavy atom. The van der Waals surface area contributed by atoms with Crippen LogP contribution in [0.25, 0.3) is 0 Å². The molecule has 0 saturated heterocycles. The smallest absolute Gasteiger partial charge is 0.251 e. The van der Waals surface area contributed by atoms with Crippen LogP contribution in [0.1, 0.15) is 15.2 Å². The third-order valence-electron chi connectivity index (χ3n) is 2.30. The lowest BCUT2D eigenvalue weighted by molar-refractivity contribution is 0.0951. The number of nitrogen functional groups attached to an aromatic ring is 1. The molecule has 6 heteroatoms. The van der Waals surface area contributed by atoms with Gasteiger partial charge in [-0.05, 0) is 56.1 Å². The molecule has 3 N–H and O–H groups in total. The third kappa shape index (κ3) is 3.34. The van der Waals surface area contributed by atoms with Crippen molar-refractivity contribution in [3.8, 4) is 0 Å². The molecule has 0 spiro atoms. The molecule has 0 bridgehead atoms. The van der Waals surface area contributed by atoms with Gasteiger partial charge in [0.25, 0.3) is 5.91 Å². The van der Waals surface area contributed by atoms with Crippen LogP contribution in [0.3, 0.4) is 0 Å². The minimum atomic E-state index is -0.126. The van der Waals surface area contributed by atoms with Gasteiger partial charge in [-0.15, -0.1) is 11.3 Å². The maximum absolute atomic E-state index is 11.9. The number of rotatable bonds is 3. The molecular formula is C12H10Br2N2OS. The Labute approximate surface area is 126 Å².